The Morgan fingerprint density at radius 3 is 0.781 bits per heavy atom. The highest BCUT2D eigenvalue weighted by Crippen LogP contribution is 2.37. The highest BCUT2D eigenvalue weighted by molar-refractivity contribution is 9.10. The predicted octanol–water partition coefficient (Wildman–Crippen LogP) is 23.3. The average molecular weight is 1570 g/mol. The van der Waals surface area contributed by atoms with E-state index >= 15 is 0 Å². The van der Waals surface area contributed by atoms with Crippen molar-refractivity contribution in [1.29, 1.82) is 0 Å². The molecule has 0 amide bonds. The van der Waals surface area contributed by atoms with Gasteiger partial charge in [0, 0.05) is 40.1 Å². The van der Waals surface area contributed by atoms with Crippen LogP contribution in [0.25, 0.3) is 44.5 Å². The van der Waals surface area contributed by atoms with E-state index in [1.807, 2.05) is 24.3 Å². The van der Waals surface area contributed by atoms with Gasteiger partial charge in [-0.2, -0.15) is 0 Å². The monoisotopic (exact) mass is 1570 g/mol. The van der Waals surface area contributed by atoms with Gasteiger partial charge in [-0.15, -0.1) is 0 Å². The third-order valence-corrected chi connectivity index (χ3v) is 18.2. The summed E-state index contributed by atoms with van der Waals surface area (Å²) in [5.41, 5.74) is 7.99. The van der Waals surface area contributed by atoms with Crippen molar-refractivity contribution in [2.75, 3.05) is 31.8 Å². The fraction of sp³-hybridized carbons (Fsp3) is 0.448. The Hall–Kier alpha value is -7.47. The van der Waals surface area contributed by atoms with E-state index < -0.39 is 7.12 Å². The van der Waals surface area contributed by atoms with Crippen molar-refractivity contribution < 1.29 is 69.3 Å². The minimum atomic E-state index is -1.47. The van der Waals surface area contributed by atoms with Crippen molar-refractivity contribution in [2.24, 2.45) is 0 Å². The van der Waals surface area contributed by atoms with Gasteiger partial charge in [-0.25, -0.2) is 0 Å². The third-order valence-electron chi connectivity index (χ3n) is 17.2. The molecule has 9 N–H and O–H groups in total. The molecule has 18 heteroatoms. The van der Waals surface area contributed by atoms with Crippen molar-refractivity contribution in [1.82, 2.24) is 0 Å². The Labute approximate surface area is 645 Å². The number of hydrogen-bond donors (Lipinski definition) is 9. The summed E-state index contributed by atoms with van der Waals surface area (Å²) in [5, 5.41) is 82.6. The van der Waals surface area contributed by atoms with Crippen LogP contribution in [-0.4, -0.2) is 92.3 Å². The molecule has 0 aliphatic carbocycles. The Morgan fingerprint density at radius 1 is 0.286 bits per heavy atom. The molecule has 8 aromatic carbocycles. The van der Waals surface area contributed by atoms with Crippen LogP contribution < -0.4 is 29.1 Å². The molecular formula is C87H119B2Br2O14. The number of phenolic OH excluding ortho intramolecular Hbond substituents is 6. The fourth-order valence-corrected chi connectivity index (χ4v) is 12.2. The van der Waals surface area contributed by atoms with Crippen LogP contribution in [0.2, 0.25) is 0 Å². The van der Waals surface area contributed by atoms with Crippen LogP contribution in [0.3, 0.4) is 0 Å². The quantitative estimate of drug-likeness (QED) is 0.00984. The molecule has 0 heterocycles. The molecule has 0 saturated heterocycles. The predicted molar refractivity (Wildman–Crippen MR) is 442 cm³/mol. The lowest BCUT2D eigenvalue weighted by Crippen LogP contribution is -2.29. The maximum Gasteiger partial charge on any atom is 0.569 e. The van der Waals surface area contributed by atoms with Crippen LogP contribution in [0.4, 0.5) is 0 Å². The van der Waals surface area contributed by atoms with Gasteiger partial charge < -0.3 is 69.3 Å². The van der Waals surface area contributed by atoms with Crippen LogP contribution >= 0.6 is 31.9 Å². The second-order valence-electron chi connectivity index (χ2n) is 26.4. The largest absolute Gasteiger partial charge is 0.569 e. The van der Waals surface area contributed by atoms with E-state index in [4.69, 9.17) is 44.2 Å². The summed E-state index contributed by atoms with van der Waals surface area (Å²) in [6, 6.07) is 48.1. The number of alkyl halides is 1. The van der Waals surface area contributed by atoms with Gasteiger partial charge in [-0.3, -0.25) is 0 Å². The van der Waals surface area contributed by atoms with Crippen LogP contribution in [0.15, 0.2) is 168 Å². The van der Waals surface area contributed by atoms with E-state index in [9.17, 15) is 20.4 Å². The number of benzene rings is 8. The molecule has 8 rings (SSSR count). The van der Waals surface area contributed by atoms with Gasteiger partial charge >= 0.3 is 14.8 Å². The van der Waals surface area contributed by atoms with Crippen molar-refractivity contribution in [2.45, 2.75) is 221 Å². The van der Waals surface area contributed by atoms with Crippen LogP contribution in [0.5, 0.6) is 63.2 Å². The standard InChI is InChI=1S/C49H76O4.C18H14O4.C8H17Br.C6H7B2O4.C6H5BrO2/c1-5-9-13-17-21-25-33-51-47-37-44(36-46(40-47)50-32-24-20-16-12-8-4)42-28-30-43(31-29-42)45-38-48(52-34-26-22-18-14-10-6-2)41-49(39-45)53-35-27-23-19-15-11-7-3;19-15-5-13(6-16(20)9-15)11-1-2-12(4-3-11)14-7-17(21)10-18(22)8-14;1-2-3-4-5-6-7-8-9;9-7-12-6-3-1-5(2-4-6)8(10)11;7-4-1-5(8)3-6(9)2-4/h28-31,36-41H,5-27,32-35H2,1-4H3;1-10,19-22H;2-8H2,1H3;1-4,9-11H;1-3,8-9H. The SMILES string of the molecule is CCCCCCCCBr.CCCCCCCCOc1cc(OCCCCCCC)cc(-c2ccc(-c3cc(OCCCCCCCC)cc(OCCCCCCCC)c3)cc2)c1.O[B]Oc1ccc(B(O)O)cc1.Oc1cc(O)cc(-c2ccc(-c3cc(O)cc(O)c3)cc2)c1.Oc1cc(O)cc(Br)c1. The van der Waals surface area contributed by atoms with Crippen LogP contribution in [0, 0.1) is 0 Å². The lowest BCUT2D eigenvalue weighted by molar-refractivity contribution is 0.289. The number of phenols is 6. The molecule has 0 spiro atoms. The number of hydrogen-bond acceptors (Lipinski definition) is 14. The molecule has 0 bridgehead atoms. The van der Waals surface area contributed by atoms with Crippen LogP contribution in [-0.2, 0) is 0 Å². The minimum absolute atomic E-state index is 0.00280. The molecule has 0 saturated carbocycles. The van der Waals surface area contributed by atoms with E-state index in [0.29, 0.717) is 34.5 Å². The van der Waals surface area contributed by atoms with Crippen molar-refractivity contribution in [3.8, 4) is 108 Å². The first-order valence-corrected chi connectivity index (χ1v) is 40.3. The van der Waals surface area contributed by atoms with E-state index in [-0.39, 0.29) is 34.5 Å². The van der Waals surface area contributed by atoms with Gasteiger partial charge in [0.15, 0.2) is 0 Å². The second kappa shape index (κ2) is 55.9. The Morgan fingerprint density at radius 2 is 0.533 bits per heavy atom. The van der Waals surface area contributed by atoms with E-state index in [1.165, 1.54) is 220 Å². The summed E-state index contributed by atoms with van der Waals surface area (Å²) in [7, 11) is -0.915. The van der Waals surface area contributed by atoms with Gasteiger partial charge in [0.1, 0.15) is 57.5 Å². The molecule has 0 unspecified atom stereocenters. The molecule has 0 aliphatic rings. The number of aromatic hydroxyl groups is 6. The molecule has 105 heavy (non-hydrogen) atoms. The van der Waals surface area contributed by atoms with Crippen molar-refractivity contribution >= 4 is 52.1 Å². The van der Waals surface area contributed by atoms with E-state index in [0.717, 1.165) is 108 Å². The van der Waals surface area contributed by atoms with Gasteiger partial charge in [0.05, 0.1) is 32.2 Å². The van der Waals surface area contributed by atoms with E-state index in [2.05, 4.69) is 132 Å². The normalized spacial score (nSPS) is 10.6. The van der Waals surface area contributed by atoms with Gasteiger partial charge in [0.2, 0.25) is 0 Å². The summed E-state index contributed by atoms with van der Waals surface area (Å²) in [6.07, 6.45) is 37.1. The number of halogens is 2. The summed E-state index contributed by atoms with van der Waals surface area (Å²) in [6.45, 7) is 14.3. The number of rotatable bonds is 44. The second-order valence-corrected chi connectivity index (χ2v) is 28.1. The van der Waals surface area contributed by atoms with Gasteiger partial charge in [-0.1, -0.05) is 281 Å². The summed E-state index contributed by atoms with van der Waals surface area (Å²) >= 11 is 6.51. The first-order chi connectivity index (χ1) is 51.0. The summed E-state index contributed by atoms with van der Waals surface area (Å²) in [4.78, 5) is 0. The topological polar surface area (TPSA) is 228 Å². The Balaban J connectivity index is 0.000000357. The lowest BCUT2D eigenvalue weighted by Gasteiger charge is -2.14. The molecule has 0 aliphatic heterocycles. The molecule has 0 fully saturated rings. The molecule has 0 aromatic heterocycles. The molecule has 14 nitrogen and oxygen atoms in total. The van der Waals surface area contributed by atoms with Crippen LogP contribution in [0.1, 0.15) is 221 Å². The first kappa shape index (κ1) is 89.9. The lowest BCUT2D eigenvalue weighted by atomic mass is 9.80. The Kier molecular flexibility index (Phi) is 47.9. The summed E-state index contributed by atoms with van der Waals surface area (Å²) in [5.74, 6) is 4.11. The number of ether oxygens (including phenoxy) is 4. The maximum atomic E-state index is 9.53. The van der Waals surface area contributed by atoms with Crippen molar-refractivity contribution in [3.05, 3.63) is 168 Å². The molecule has 571 valence electrons. The van der Waals surface area contributed by atoms with Gasteiger partial charge in [-0.05, 0) is 155 Å². The molecule has 0 atom stereocenters. The number of unbranched alkanes of at least 4 members (excludes halogenated alkanes) is 24. The highest BCUT2D eigenvalue weighted by atomic mass is 79.9. The molecule has 1 radical (unpaired) electrons. The summed E-state index contributed by atoms with van der Waals surface area (Å²) < 4.78 is 30.5. The third kappa shape index (κ3) is 40.2. The molecular weight excluding hydrogens is 1450 g/mol. The van der Waals surface area contributed by atoms with Crippen molar-refractivity contribution in [3.63, 3.8) is 0 Å². The zero-order valence-corrected chi connectivity index (χ0v) is 66.3. The molecule has 8 aromatic rings. The first-order valence-electron chi connectivity index (χ1n) is 38.4. The van der Waals surface area contributed by atoms with Gasteiger partial charge in [0.25, 0.3) is 0 Å². The average Bonchev–Trinajstić information content (AvgIpc) is 0.832. The zero-order chi connectivity index (χ0) is 76.1. The Bertz CT molecular complexity index is 3340. The minimum Gasteiger partial charge on any atom is -0.537 e. The smallest absolute Gasteiger partial charge is 0.537 e. The fourth-order valence-electron chi connectivity index (χ4n) is 11.4. The maximum absolute atomic E-state index is 9.53. The highest BCUT2D eigenvalue weighted by Gasteiger charge is 2.13. The van der Waals surface area contributed by atoms with E-state index in [1.54, 1.807) is 24.3 Å². The zero-order valence-electron chi connectivity index (χ0n) is 63.1.